The van der Waals surface area contributed by atoms with Gasteiger partial charge in [-0.25, -0.2) is 0 Å². The van der Waals surface area contributed by atoms with Crippen molar-refractivity contribution in [2.45, 2.75) is 56.8 Å². The van der Waals surface area contributed by atoms with E-state index in [1.54, 1.807) is 0 Å². The number of carbonyl (C=O) groups is 5. The second-order valence-corrected chi connectivity index (χ2v) is 7.23. The van der Waals surface area contributed by atoms with Crippen LogP contribution in [0.3, 0.4) is 0 Å². The Balaban J connectivity index is 5.22. The summed E-state index contributed by atoms with van der Waals surface area (Å²) in [5.41, 5.74) is 16.2. The van der Waals surface area contributed by atoms with Gasteiger partial charge < -0.3 is 43.4 Å². The summed E-state index contributed by atoms with van der Waals surface area (Å²) in [5.74, 6) is -4.94. The number of thiol groups is 1. The minimum Gasteiger partial charge on any atom is -0.481 e. The molecule has 0 radical (unpaired) electrons. The molecule has 0 aliphatic heterocycles. The lowest BCUT2D eigenvalue weighted by Crippen LogP contribution is -2.57. The van der Waals surface area contributed by atoms with E-state index in [1.165, 1.54) is 6.92 Å². The van der Waals surface area contributed by atoms with Crippen molar-refractivity contribution in [3.63, 3.8) is 0 Å². The maximum Gasteiger partial charge on any atom is 0.325 e. The molecule has 11 N–H and O–H groups in total. The van der Waals surface area contributed by atoms with Crippen molar-refractivity contribution >= 4 is 48.2 Å². The van der Waals surface area contributed by atoms with Gasteiger partial charge in [0.2, 0.25) is 17.7 Å². The number of rotatable bonds is 15. The Morgan fingerprint density at radius 3 is 2.00 bits per heavy atom. The van der Waals surface area contributed by atoms with Crippen LogP contribution in [0.15, 0.2) is 4.99 Å². The monoisotopic (exact) mass is 477 g/mol. The van der Waals surface area contributed by atoms with Gasteiger partial charge in [0.25, 0.3) is 0 Å². The Kier molecular flexibility index (Phi) is 13.4. The number of amides is 3. The summed E-state index contributed by atoms with van der Waals surface area (Å²) < 4.78 is 0. The topological polar surface area (TPSA) is 252 Å². The average Bonchev–Trinajstić information content (AvgIpc) is 2.71. The van der Waals surface area contributed by atoms with Gasteiger partial charge in [-0.15, -0.1) is 0 Å². The van der Waals surface area contributed by atoms with Crippen molar-refractivity contribution in [3.05, 3.63) is 0 Å². The van der Waals surface area contributed by atoms with E-state index >= 15 is 0 Å². The van der Waals surface area contributed by atoms with Gasteiger partial charge in [0.15, 0.2) is 5.96 Å². The molecule has 0 aliphatic rings. The quantitative estimate of drug-likeness (QED) is 0.0492. The number of aliphatic imine (C=N–C) groups is 1. The molecule has 15 heteroatoms. The van der Waals surface area contributed by atoms with E-state index in [2.05, 4.69) is 33.6 Å². The van der Waals surface area contributed by atoms with Crippen molar-refractivity contribution in [2.24, 2.45) is 22.2 Å². The molecule has 0 heterocycles. The SMILES string of the molecule is CC(NC(=O)C(CS)NC(=O)C(CCCN=C(N)N)NC(=O)C(N)CCC(=O)O)C(=O)O. The smallest absolute Gasteiger partial charge is 0.325 e. The van der Waals surface area contributed by atoms with E-state index in [0.29, 0.717) is 0 Å². The fraction of sp³-hybridized carbons (Fsp3) is 0.647. The fourth-order valence-electron chi connectivity index (χ4n) is 2.30. The molecule has 0 aliphatic carbocycles. The Bertz CT molecular complexity index is 715. The summed E-state index contributed by atoms with van der Waals surface area (Å²) >= 11 is 4.00. The summed E-state index contributed by atoms with van der Waals surface area (Å²) in [6, 6.07) is -4.67. The standard InChI is InChI=1S/C17H31N7O7S/c1-8(16(30)31)22-15(29)11(7-32)24-14(28)10(3-2-6-21-17(19)20)23-13(27)9(18)4-5-12(25)26/h8-11,32H,2-7,18H2,1H3,(H,22,29)(H,23,27)(H,24,28)(H,25,26)(H,30,31)(H4,19,20,21). The second kappa shape index (κ2) is 14.9. The molecule has 4 atom stereocenters. The number of guanidine groups is 1. The molecule has 0 spiro atoms. The van der Waals surface area contributed by atoms with Gasteiger partial charge in [0.05, 0.1) is 6.04 Å². The van der Waals surface area contributed by atoms with E-state index in [-0.39, 0.29) is 43.9 Å². The second-order valence-electron chi connectivity index (χ2n) is 6.86. The molecule has 4 unspecified atom stereocenters. The lowest BCUT2D eigenvalue weighted by molar-refractivity contribution is -0.141. The van der Waals surface area contributed by atoms with Crippen LogP contribution in [0.4, 0.5) is 0 Å². The molecule has 32 heavy (non-hydrogen) atoms. The first-order valence-electron chi connectivity index (χ1n) is 9.66. The van der Waals surface area contributed by atoms with E-state index in [0.717, 1.165) is 0 Å². The maximum atomic E-state index is 12.7. The van der Waals surface area contributed by atoms with Gasteiger partial charge in [0, 0.05) is 18.7 Å². The van der Waals surface area contributed by atoms with Crippen molar-refractivity contribution in [2.75, 3.05) is 12.3 Å². The van der Waals surface area contributed by atoms with Gasteiger partial charge >= 0.3 is 11.9 Å². The van der Waals surface area contributed by atoms with E-state index in [1.807, 2.05) is 0 Å². The number of carboxylic acids is 2. The van der Waals surface area contributed by atoms with Crippen LogP contribution in [0.2, 0.25) is 0 Å². The summed E-state index contributed by atoms with van der Waals surface area (Å²) in [6.45, 7) is 1.42. The van der Waals surface area contributed by atoms with Crippen LogP contribution in [-0.4, -0.2) is 82.3 Å². The number of hydrogen-bond donors (Lipinski definition) is 9. The molecule has 0 rings (SSSR count). The molecule has 0 saturated heterocycles. The summed E-state index contributed by atoms with van der Waals surface area (Å²) in [7, 11) is 0. The van der Waals surface area contributed by atoms with E-state index < -0.39 is 53.8 Å². The summed E-state index contributed by atoms with van der Waals surface area (Å²) in [4.78, 5) is 62.6. The van der Waals surface area contributed by atoms with Crippen LogP contribution in [0.25, 0.3) is 0 Å². The zero-order valence-electron chi connectivity index (χ0n) is 17.6. The highest BCUT2D eigenvalue weighted by Gasteiger charge is 2.28. The zero-order valence-corrected chi connectivity index (χ0v) is 18.5. The van der Waals surface area contributed by atoms with E-state index in [9.17, 15) is 24.0 Å². The maximum absolute atomic E-state index is 12.7. The molecule has 0 aromatic rings. The molecule has 0 aromatic carbocycles. The number of nitrogens with one attached hydrogen (secondary N) is 3. The minimum atomic E-state index is -1.26. The van der Waals surface area contributed by atoms with Crippen LogP contribution in [0, 0.1) is 0 Å². The molecule has 14 nitrogen and oxygen atoms in total. The third-order valence-electron chi connectivity index (χ3n) is 4.13. The van der Waals surface area contributed by atoms with Gasteiger partial charge in [-0.3, -0.25) is 29.0 Å². The van der Waals surface area contributed by atoms with Crippen LogP contribution in [0.1, 0.15) is 32.6 Å². The first-order chi connectivity index (χ1) is 14.9. The highest BCUT2D eigenvalue weighted by atomic mass is 32.1. The Morgan fingerprint density at radius 1 is 0.938 bits per heavy atom. The third kappa shape index (κ3) is 11.9. The lowest BCUT2D eigenvalue weighted by atomic mass is 10.1. The van der Waals surface area contributed by atoms with Crippen LogP contribution < -0.4 is 33.2 Å². The average molecular weight is 478 g/mol. The number of nitrogens with zero attached hydrogens (tertiary/aromatic N) is 1. The molecule has 3 amide bonds. The normalized spacial score (nSPS) is 14.2. The van der Waals surface area contributed by atoms with Crippen LogP contribution >= 0.6 is 12.6 Å². The number of nitrogens with two attached hydrogens (primary N) is 3. The van der Waals surface area contributed by atoms with Crippen LogP contribution in [-0.2, 0) is 24.0 Å². The molecule has 0 aromatic heterocycles. The van der Waals surface area contributed by atoms with Crippen molar-refractivity contribution in [1.29, 1.82) is 0 Å². The Morgan fingerprint density at radius 2 is 1.50 bits per heavy atom. The highest BCUT2D eigenvalue weighted by Crippen LogP contribution is 2.03. The third-order valence-corrected chi connectivity index (χ3v) is 4.49. The number of carboxylic acid groups (broad SMARTS) is 2. The molecule has 0 fully saturated rings. The zero-order chi connectivity index (χ0) is 24.8. The predicted molar refractivity (Wildman–Crippen MR) is 118 cm³/mol. The summed E-state index contributed by atoms with van der Waals surface area (Å²) in [5, 5.41) is 24.6. The van der Waals surface area contributed by atoms with Gasteiger partial charge in [-0.2, -0.15) is 12.6 Å². The van der Waals surface area contributed by atoms with Gasteiger partial charge in [0.1, 0.15) is 18.1 Å². The molecular formula is C17H31N7O7S. The number of aliphatic carboxylic acids is 2. The minimum absolute atomic E-state index is 0.0758. The van der Waals surface area contributed by atoms with Gasteiger partial charge in [-0.05, 0) is 26.2 Å². The fourth-order valence-corrected chi connectivity index (χ4v) is 2.56. The van der Waals surface area contributed by atoms with Crippen LogP contribution in [0.5, 0.6) is 0 Å². The van der Waals surface area contributed by atoms with Crippen molar-refractivity contribution in [3.8, 4) is 0 Å². The largest absolute Gasteiger partial charge is 0.481 e. The Labute approximate surface area is 190 Å². The van der Waals surface area contributed by atoms with E-state index in [4.69, 9.17) is 27.4 Å². The lowest BCUT2D eigenvalue weighted by Gasteiger charge is -2.24. The molecule has 182 valence electrons. The predicted octanol–water partition coefficient (Wildman–Crippen LogP) is -3.28. The van der Waals surface area contributed by atoms with Crippen molar-refractivity contribution in [1.82, 2.24) is 16.0 Å². The summed E-state index contributed by atoms with van der Waals surface area (Å²) in [6.07, 6.45) is -0.112. The molecule has 0 saturated carbocycles. The first kappa shape index (κ1) is 28.9. The van der Waals surface area contributed by atoms with Gasteiger partial charge in [-0.1, -0.05) is 0 Å². The number of carbonyl (C=O) groups excluding carboxylic acids is 3. The first-order valence-corrected chi connectivity index (χ1v) is 10.3. The number of hydrogen-bond acceptors (Lipinski definition) is 8. The highest BCUT2D eigenvalue weighted by molar-refractivity contribution is 7.80. The Hall–Kier alpha value is -3.07. The molecule has 0 bridgehead atoms. The van der Waals surface area contributed by atoms with Crippen molar-refractivity contribution < 1.29 is 34.2 Å². The molecular weight excluding hydrogens is 446 g/mol.